The summed E-state index contributed by atoms with van der Waals surface area (Å²) in [5.41, 5.74) is 0. The van der Waals surface area contributed by atoms with E-state index in [2.05, 4.69) is 42.5 Å². The van der Waals surface area contributed by atoms with Gasteiger partial charge in [-0.05, 0) is 49.4 Å². The topological polar surface area (TPSA) is 417 Å². The van der Waals surface area contributed by atoms with Gasteiger partial charge in [0.05, 0.1) is 49.3 Å². The fourth-order valence-electron chi connectivity index (χ4n) is 14.8. The predicted molar refractivity (Wildman–Crippen MR) is 188 cm³/mol. The van der Waals surface area contributed by atoms with E-state index in [1.54, 1.807) is 0 Å². The normalized spacial score (nSPS) is 46.4. The van der Waals surface area contributed by atoms with E-state index in [4.69, 9.17) is 0 Å². The molecule has 0 aromatic rings. The number of carbonyl (C=O) groups is 8. The van der Waals surface area contributed by atoms with E-state index in [1.807, 2.05) is 0 Å². The van der Waals surface area contributed by atoms with Crippen LogP contribution < -0.4 is 83.4 Å². The SMILES string of the molecule is O=C([O-])C1C(C(=O)[O-])C(C(=O)[O-])C2C3NC(NC4NC(NC5NC(NC6NC(N3)C3C(C(=O)[O-])C(C(=O)[O-])C(C(=O)[O-])C(C(=O)[O-])C63)C3CCCCC53)C3CCCCC43)C2C1C(=O)[O-].[Co+2].[Co+2].[Co+2].[Co+2]. The Kier molecular flexibility index (Phi) is 18.0. The first-order chi connectivity index (χ1) is 30.4. The van der Waals surface area contributed by atoms with Crippen molar-refractivity contribution in [2.24, 2.45) is 94.7 Å². The number of rotatable bonds is 8. The van der Waals surface area contributed by atoms with Gasteiger partial charge in [0.25, 0.3) is 0 Å². The second kappa shape index (κ2) is 21.7. The van der Waals surface area contributed by atoms with Crippen molar-refractivity contribution in [3.8, 4) is 0 Å². The van der Waals surface area contributed by atoms with Crippen LogP contribution in [0.2, 0.25) is 0 Å². The van der Waals surface area contributed by atoms with E-state index in [-0.39, 0.29) is 103 Å². The number of hydrogen-bond acceptors (Lipinski definition) is 24. The largest absolute Gasteiger partial charge is 2.00 e. The van der Waals surface area contributed by atoms with Gasteiger partial charge in [0.1, 0.15) is 0 Å². The van der Waals surface area contributed by atoms with Gasteiger partial charge in [0, 0.05) is 119 Å². The Bertz CT molecular complexity index is 1870. The number of fused-ring (bicyclic) bond motifs is 20. The zero-order valence-corrected chi connectivity index (χ0v) is 39.5. The van der Waals surface area contributed by atoms with Gasteiger partial charge in [0.15, 0.2) is 0 Å². The van der Waals surface area contributed by atoms with E-state index in [0.717, 1.165) is 38.5 Å². The van der Waals surface area contributed by atoms with E-state index < -0.39 is 156 Å². The van der Waals surface area contributed by atoms with Crippen molar-refractivity contribution in [2.75, 3.05) is 0 Å². The zero-order chi connectivity index (χ0) is 45.8. The monoisotopic (exact) mass is 1130 g/mol. The number of carbonyl (C=O) groups excluding carboxylic acids is 8. The van der Waals surface area contributed by atoms with Gasteiger partial charge < -0.3 is 79.2 Å². The Morgan fingerprint density at radius 1 is 0.250 bits per heavy atom. The average Bonchev–Trinajstić information content (AvgIpc) is 3.97. The van der Waals surface area contributed by atoms with E-state index >= 15 is 0 Å². The van der Waals surface area contributed by atoms with Crippen molar-refractivity contribution in [3.63, 3.8) is 0 Å². The molecular formula is C40H48Co4N8O16. The van der Waals surface area contributed by atoms with E-state index in [0.29, 0.717) is 12.8 Å². The number of carboxylic acids is 8. The fraction of sp³-hybridized carbons (Fsp3) is 0.800. The first-order valence-corrected chi connectivity index (χ1v) is 22.2. The minimum atomic E-state index is -2.58. The molecule has 68 heavy (non-hydrogen) atoms. The van der Waals surface area contributed by atoms with Crippen molar-refractivity contribution < 1.29 is 146 Å². The molecule has 5 saturated heterocycles. The van der Waals surface area contributed by atoms with Crippen LogP contribution in [0.1, 0.15) is 51.4 Å². The third-order valence-electron chi connectivity index (χ3n) is 16.9. The molecule has 24 atom stereocenters. The molecule has 9 fully saturated rings. The molecule has 28 heteroatoms. The Labute approximate surface area is 429 Å². The van der Waals surface area contributed by atoms with Crippen LogP contribution in [-0.4, -0.2) is 97.1 Å². The molecule has 0 aromatic heterocycles. The van der Waals surface area contributed by atoms with Gasteiger partial charge in [-0.3, -0.25) is 42.5 Å². The molecule has 5 aliphatic heterocycles. The van der Waals surface area contributed by atoms with Gasteiger partial charge in [0.2, 0.25) is 0 Å². The zero-order valence-electron chi connectivity index (χ0n) is 35.4. The molecule has 9 aliphatic rings. The number of carboxylic acid groups (broad SMARTS) is 8. The third kappa shape index (κ3) is 9.27. The van der Waals surface area contributed by atoms with Gasteiger partial charge in [-0.2, -0.15) is 0 Å². The second-order valence-electron chi connectivity index (χ2n) is 19.4. The summed E-state index contributed by atoms with van der Waals surface area (Å²) in [6, 6.07) is 0. The molecule has 9 rings (SSSR count). The smallest absolute Gasteiger partial charge is 0.550 e. The minimum absolute atomic E-state index is 0. The molecule has 0 amide bonds. The summed E-state index contributed by atoms with van der Waals surface area (Å²) >= 11 is 0. The first kappa shape index (κ1) is 56.4. The van der Waals surface area contributed by atoms with Crippen molar-refractivity contribution in [1.29, 1.82) is 0 Å². The van der Waals surface area contributed by atoms with Gasteiger partial charge in [-0.25, -0.2) is 0 Å². The fourth-order valence-corrected chi connectivity index (χ4v) is 14.8. The number of nitrogens with one attached hydrogen (secondary N) is 8. The standard InChI is InChI=1S/C40H56N8O16.4Co/c49-33(50)17-13-15(19(35(53)54)23(39(61)62)21(17)37(57)58)31-46-29(13)44-27-11-7-3-1-5-9(11)25(42-27)41-26-10-6-2-4-8-12(10)28(43-26)45-30-14-16(32(47-30)48-31)20(36(55)56)24(40(63)64)22(38(59)60)18(14)34(51)52;;;;/h9-32,41-48H,1-8H2,(H,49,50)(H,51,52)(H,53,54)(H,55,56)(H,57,58)(H,59,60)(H,61,62)(H,63,64);;;;/q;4*+2/p-8. The average molecular weight is 1130 g/mol. The molecule has 0 aromatic carbocycles. The van der Waals surface area contributed by atoms with Gasteiger partial charge >= 0.3 is 67.1 Å². The maximum atomic E-state index is 13.2. The van der Waals surface area contributed by atoms with Crippen LogP contribution >= 0.6 is 0 Å². The van der Waals surface area contributed by atoms with Gasteiger partial charge in [-0.15, -0.1) is 0 Å². The van der Waals surface area contributed by atoms with E-state index in [9.17, 15) is 79.2 Å². The molecule has 24 unspecified atom stereocenters. The molecule has 0 spiro atoms. The number of hydrogen-bond donors (Lipinski definition) is 8. The summed E-state index contributed by atoms with van der Waals surface area (Å²) in [4.78, 5) is 104. The van der Waals surface area contributed by atoms with Crippen molar-refractivity contribution in [2.45, 2.75) is 101 Å². The molecule has 4 radical (unpaired) electrons. The molecule has 8 N–H and O–H groups in total. The summed E-state index contributed by atoms with van der Waals surface area (Å²) in [6.07, 6.45) is -1.58. The summed E-state index contributed by atoms with van der Waals surface area (Å²) in [6.45, 7) is 0. The molecular weight excluding hydrogens is 1080 g/mol. The second-order valence-corrected chi connectivity index (χ2v) is 19.4. The molecule has 24 nitrogen and oxygen atoms in total. The minimum Gasteiger partial charge on any atom is -0.550 e. The summed E-state index contributed by atoms with van der Waals surface area (Å²) in [7, 11) is 0. The summed E-state index contributed by atoms with van der Waals surface area (Å²) < 4.78 is 0. The first-order valence-electron chi connectivity index (χ1n) is 22.2. The van der Waals surface area contributed by atoms with Gasteiger partial charge in [-0.1, -0.05) is 25.7 Å². The van der Waals surface area contributed by atoms with Crippen LogP contribution in [0, 0.1) is 94.7 Å². The van der Waals surface area contributed by atoms with Crippen LogP contribution in [0.5, 0.6) is 0 Å². The molecule has 380 valence electrons. The Morgan fingerprint density at radius 3 is 0.559 bits per heavy atom. The number of aliphatic carboxylic acids is 8. The van der Waals surface area contributed by atoms with Crippen LogP contribution in [0.3, 0.4) is 0 Å². The third-order valence-corrected chi connectivity index (χ3v) is 16.9. The molecule has 4 aliphatic carbocycles. The molecule has 4 saturated carbocycles. The van der Waals surface area contributed by atoms with Crippen molar-refractivity contribution in [1.82, 2.24) is 42.5 Å². The van der Waals surface area contributed by atoms with E-state index in [1.165, 1.54) is 0 Å². The summed E-state index contributed by atoms with van der Waals surface area (Å²) in [5, 5.41) is 131. The maximum absolute atomic E-state index is 13.2. The molecule has 5 heterocycles. The van der Waals surface area contributed by atoms with Crippen LogP contribution in [0.4, 0.5) is 0 Å². The van der Waals surface area contributed by atoms with Crippen molar-refractivity contribution >= 4 is 47.8 Å². The Hall–Kier alpha value is -2.53. The maximum Gasteiger partial charge on any atom is 2.00 e. The Balaban J connectivity index is 0.00000216. The predicted octanol–water partition coefficient (Wildman–Crippen LogP) is -13.6. The van der Waals surface area contributed by atoms with Crippen molar-refractivity contribution in [3.05, 3.63) is 0 Å². The quantitative estimate of drug-likeness (QED) is 0.112. The Morgan fingerprint density at radius 2 is 0.397 bits per heavy atom. The molecule has 8 bridgehead atoms. The van der Waals surface area contributed by atoms with Crippen LogP contribution in [-0.2, 0) is 105 Å². The summed E-state index contributed by atoms with van der Waals surface area (Å²) in [5.74, 6) is -43.7. The van der Waals surface area contributed by atoms with Crippen LogP contribution in [0.15, 0.2) is 0 Å². The van der Waals surface area contributed by atoms with Crippen LogP contribution in [0.25, 0.3) is 0 Å².